The van der Waals surface area contributed by atoms with Crippen LogP contribution in [0.5, 0.6) is 11.8 Å². The Morgan fingerprint density at radius 3 is 2.66 bits per heavy atom. The van der Waals surface area contributed by atoms with Crippen molar-refractivity contribution >= 4 is 11.6 Å². The second kappa shape index (κ2) is 7.19. The topological polar surface area (TPSA) is 73.1 Å². The lowest BCUT2D eigenvalue weighted by molar-refractivity contribution is -0.137. The molecule has 1 aliphatic carbocycles. The Morgan fingerprint density at radius 2 is 2.00 bits per heavy atom. The number of rotatable bonds is 5. The summed E-state index contributed by atoms with van der Waals surface area (Å²) in [6, 6.07) is 4.44. The number of hydrogen-bond donors (Lipinski definition) is 0. The van der Waals surface area contributed by atoms with Crippen LogP contribution in [0.25, 0.3) is 0 Å². The van der Waals surface area contributed by atoms with Gasteiger partial charge in [0.1, 0.15) is 11.4 Å². The molecule has 3 heterocycles. The molecule has 0 aliphatic heterocycles. The summed E-state index contributed by atoms with van der Waals surface area (Å²) in [5.41, 5.74) is -0.0153. The van der Waals surface area contributed by atoms with Crippen molar-refractivity contribution in [3.8, 4) is 11.8 Å². The van der Waals surface area contributed by atoms with Crippen molar-refractivity contribution in [1.82, 2.24) is 19.5 Å². The molecule has 0 bridgehead atoms. The van der Waals surface area contributed by atoms with E-state index < -0.39 is 11.7 Å². The summed E-state index contributed by atoms with van der Waals surface area (Å²) in [6.45, 7) is 0. The van der Waals surface area contributed by atoms with Crippen molar-refractivity contribution < 1.29 is 22.7 Å². The fourth-order valence-corrected chi connectivity index (χ4v) is 2.87. The van der Waals surface area contributed by atoms with Gasteiger partial charge in [-0.3, -0.25) is 19.3 Å². The lowest BCUT2D eigenvalue weighted by atomic mass is 10.3. The standard InChI is InChI=1S/C19H16F3N5O2/c1-26-16(17(28)27(13-4-5-13)14-3-2-6-23-9-14)11-25-18(26)29-15-7-12(8-24-10-15)19(20,21)22/h2-3,6-11,13H,4-5H2,1H3. The molecule has 0 N–H and O–H groups in total. The van der Waals surface area contributed by atoms with Crippen LogP contribution in [-0.2, 0) is 13.2 Å². The largest absolute Gasteiger partial charge is 0.424 e. The van der Waals surface area contributed by atoms with Gasteiger partial charge in [-0.1, -0.05) is 0 Å². The van der Waals surface area contributed by atoms with E-state index in [1.54, 1.807) is 36.5 Å². The van der Waals surface area contributed by atoms with Crippen molar-refractivity contribution in [2.24, 2.45) is 7.05 Å². The van der Waals surface area contributed by atoms with Gasteiger partial charge >= 0.3 is 12.2 Å². The van der Waals surface area contributed by atoms with E-state index >= 15 is 0 Å². The van der Waals surface area contributed by atoms with Crippen molar-refractivity contribution in [2.45, 2.75) is 25.1 Å². The first-order valence-corrected chi connectivity index (χ1v) is 8.80. The van der Waals surface area contributed by atoms with E-state index in [2.05, 4.69) is 15.0 Å². The van der Waals surface area contributed by atoms with E-state index in [0.717, 1.165) is 25.1 Å². The van der Waals surface area contributed by atoms with Crippen LogP contribution in [0.2, 0.25) is 0 Å². The number of pyridine rings is 2. The fraction of sp³-hybridized carbons (Fsp3) is 0.263. The molecule has 0 unspecified atom stereocenters. The smallest absolute Gasteiger partial charge is 0.418 e. The molecule has 10 heteroatoms. The summed E-state index contributed by atoms with van der Waals surface area (Å²) in [5, 5.41) is 0. The molecule has 1 amide bonds. The summed E-state index contributed by atoms with van der Waals surface area (Å²) < 4.78 is 45.4. The highest BCUT2D eigenvalue weighted by atomic mass is 19.4. The monoisotopic (exact) mass is 403 g/mol. The number of carbonyl (C=O) groups excluding carboxylic acids is 1. The zero-order valence-corrected chi connectivity index (χ0v) is 15.3. The highest BCUT2D eigenvalue weighted by Gasteiger charge is 2.36. The second-order valence-electron chi connectivity index (χ2n) is 6.61. The van der Waals surface area contributed by atoms with Crippen molar-refractivity contribution in [1.29, 1.82) is 0 Å². The molecule has 0 aromatic carbocycles. The van der Waals surface area contributed by atoms with Crippen molar-refractivity contribution in [3.63, 3.8) is 0 Å². The van der Waals surface area contributed by atoms with E-state index in [-0.39, 0.29) is 29.4 Å². The van der Waals surface area contributed by atoms with E-state index in [1.165, 1.54) is 10.8 Å². The van der Waals surface area contributed by atoms with E-state index in [4.69, 9.17) is 4.74 Å². The minimum Gasteiger partial charge on any atom is -0.424 e. The lowest BCUT2D eigenvalue weighted by Gasteiger charge is -2.22. The zero-order chi connectivity index (χ0) is 20.6. The molecule has 3 aromatic heterocycles. The number of ether oxygens (including phenoxy) is 1. The lowest BCUT2D eigenvalue weighted by Crippen LogP contribution is -2.34. The summed E-state index contributed by atoms with van der Waals surface area (Å²) in [6.07, 6.45) is 3.67. The third-order valence-electron chi connectivity index (χ3n) is 4.47. The molecule has 1 fully saturated rings. The highest BCUT2D eigenvalue weighted by Crippen LogP contribution is 2.34. The Morgan fingerprint density at radius 1 is 1.21 bits per heavy atom. The molecule has 0 atom stereocenters. The number of carbonyl (C=O) groups is 1. The summed E-state index contributed by atoms with van der Waals surface area (Å²) in [5.74, 6) is -0.411. The Kier molecular flexibility index (Phi) is 4.69. The van der Waals surface area contributed by atoms with Gasteiger partial charge in [0.15, 0.2) is 0 Å². The molecule has 150 valence electrons. The van der Waals surface area contributed by atoms with E-state index in [0.29, 0.717) is 11.9 Å². The average molecular weight is 403 g/mol. The summed E-state index contributed by atoms with van der Waals surface area (Å²) in [4.78, 5) is 26.4. The third kappa shape index (κ3) is 3.91. The molecule has 0 saturated heterocycles. The van der Waals surface area contributed by atoms with Gasteiger partial charge in [0.05, 0.1) is 29.8 Å². The van der Waals surface area contributed by atoms with Crippen LogP contribution in [0, 0.1) is 0 Å². The molecule has 29 heavy (non-hydrogen) atoms. The number of aromatic nitrogens is 4. The molecule has 0 radical (unpaired) electrons. The van der Waals surface area contributed by atoms with E-state index in [9.17, 15) is 18.0 Å². The fourth-order valence-electron chi connectivity index (χ4n) is 2.87. The van der Waals surface area contributed by atoms with Crippen LogP contribution in [-0.4, -0.2) is 31.5 Å². The van der Waals surface area contributed by atoms with Gasteiger partial charge in [0, 0.05) is 25.5 Å². The number of anilines is 1. The SMILES string of the molecule is Cn1c(C(=O)N(c2cccnc2)C2CC2)cnc1Oc1cncc(C(F)(F)F)c1. The minimum atomic E-state index is -4.54. The maximum atomic E-state index is 13.1. The second-order valence-corrected chi connectivity index (χ2v) is 6.61. The van der Waals surface area contributed by atoms with Gasteiger partial charge in [-0.15, -0.1) is 0 Å². The highest BCUT2D eigenvalue weighted by molar-refractivity contribution is 6.05. The predicted molar refractivity (Wildman–Crippen MR) is 96.6 cm³/mol. The normalized spacial score (nSPS) is 13.9. The number of halogens is 3. The quantitative estimate of drug-likeness (QED) is 0.647. The van der Waals surface area contributed by atoms with Crippen LogP contribution in [0.15, 0.2) is 49.2 Å². The number of alkyl halides is 3. The maximum Gasteiger partial charge on any atom is 0.418 e. The first-order chi connectivity index (χ1) is 13.8. The number of nitrogens with zero attached hydrogens (tertiary/aromatic N) is 5. The summed E-state index contributed by atoms with van der Waals surface area (Å²) in [7, 11) is 1.56. The van der Waals surface area contributed by atoms with Crippen LogP contribution in [0.1, 0.15) is 28.9 Å². The minimum absolute atomic E-state index is 0.0172. The number of amides is 1. The van der Waals surface area contributed by atoms with Gasteiger partial charge in [0.2, 0.25) is 0 Å². The predicted octanol–water partition coefficient (Wildman–Crippen LogP) is 3.83. The Balaban J connectivity index is 1.59. The van der Waals surface area contributed by atoms with Gasteiger partial charge < -0.3 is 9.64 Å². The molecule has 0 spiro atoms. The first kappa shape index (κ1) is 18.9. The van der Waals surface area contributed by atoms with Gasteiger partial charge in [-0.2, -0.15) is 13.2 Å². The maximum absolute atomic E-state index is 13.1. The Hall–Kier alpha value is -3.43. The molecular weight excluding hydrogens is 387 g/mol. The van der Waals surface area contributed by atoms with Crippen LogP contribution in [0.4, 0.5) is 18.9 Å². The van der Waals surface area contributed by atoms with E-state index in [1.807, 2.05) is 0 Å². The Bertz CT molecular complexity index is 1030. The van der Waals surface area contributed by atoms with Crippen LogP contribution < -0.4 is 9.64 Å². The van der Waals surface area contributed by atoms with Gasteiger partial charge in [0.25, 0.3) is 5.91 Å². The summed E-state index contributed by atoms with van der Waals surface area (Å²) >= 11 is 0. The molecule has 4 rings (SSSR count). The zero-order valence-electron chi connectivity index (χ0n) is 15.3. The molecule has 1 aliphatic rings. The third-order valence-corrected chi connectivity index (χ3v) is 4.47. The number of imidazole rings is 1. The Labute approximate surface area is 163 Å². The molecule has 7 nitrogen and oxygen atoms in total. The first-order valence-electron chi connectivity index (χ1n) is 8.80. The van der Waals surface area contributed by atoms with Crippen molar-refractivity contribution in [2.75, 3.05) is 4.90 Å². The molecular formula is C19H16F3N5O2. The van der Waals surface area contributed by atoms with Crippen LogP contribution in [0.3, 0.4) is 0 Å². The van der Waals surface area contributed by atoms with Gasteiger partial charge in [-0.25, -0.2) is 4.98 Å². The average Bonchev–Trinajstić information content (AvgIpc) is 3.46. The molecule has 1 saturated carbocycles. The molecule has 3 aromatic rings. The number of hydrogen-bond acceptors (Lipinski definition) is 5. The van der Waals surface area contributed by atoms with Crippen LogP contribution >= 0.6 is 0 Å². The van der Waals surface area contributed by atoms with Crippen molar-refractivity contribution in [3.05, 3.63) is 60.4 Å². The van der Waals surface area contributed by atoms with Gasteiger partial charge in [-0.05, 0) is 31.0 Å².